The van der Waals surface area contributed by atoms with Gasteiger partial charge in [-0.3, -0.25) is 0 Å². The first-order chi connectivity index (χ1) is 4.18. The Morgan fingerprint density at radius 2 is 2.11 bits per heavy atom. The highest BCUT2D eigenvalue weighted by Crippen LogP contribution is 2.01. The van der Waals surface area contributed by atoms with Crippen molar-refractivity contribution in [2.75, 3.05) is 14.1 Å². The zero-order chi connectivity index (χ0) is 7.28. The van der Waals surface area contributed by atoms with Gasteiger partial charge in [-0.2, -0.15) is 0 Å². The molecule has 1 heteroatoms. The van der Waals surface area contributed by atoms with E-state index in [0.717, 1.165) is 6.42 Å². The first kappa shape index (κ1) is 8.70. The summed E-state index contributed by atoms with van der Waals surface area (Å²) in [5.74, 6) is 0. The Balaban J connectivity index is 3.26. The Bertz CT molecular complexity index is 76.6. The molecular formula is C8H17N. The van der Waals surface area contributed by atoms with Gasteiger partial charge in [0.25, 0.3) is 0 Å². The van der Waals surface area contributed by atoms with Crippen molar-refractivity contribution in [1.82, 2.24) is 4.90 Å². The lowest BCUT2D eigenvalue weighted by molar-refractivity contribution is 0.300. The topological polar surface area (TPSA) is 3.24 Å². The van der Waals surface area contributed by atoms with Crippen molar-refractivity contribution in [1.29, 1.82) is 0 Å². The van der Waals surface area contributed by atoms with Crippen molar-refractivity contribution in [3.8, 4) is 0 Å². The summed E-state index contributed by atoms with van der Waals surface area (Å²) in [6.45, 7) is 5.90. The molecule has 0 heterocycles. The molecule has 0 spiro atoms. The Hall–Kier alpha value is -0.300. The molecule has 0 saturated carbocycles. The summed E-state index contributed by atoms with van der Waals surface area (Å²) in [6, 6.07) is 0.683. The van der Waals surface area contributed by atoms with Gasteiger partial charge in [-0.15, -0.1) is 6.58 Å². The van der Waals surface area contributed by atoms with Crippen LogP contribution in [0.4, 0.5) is 0 Å². The van der Waals surface area contributed by atoms with Crippen LogP contribution in [-0.2, 0) is 0 Å². The number of rotatable bonds is 4. The normalized spacial score (nSPS) is 13.8. The summed E-state index contributed by atoms with van der Waals surface area (Å²) in [6.07, 6.45) is 4.32. The van der Waals surface area contributed by atoms with E-state index in [1.54, 1.807) is 0 Å². The van der Waals surface area contributed by atoms with E-state index < -0.39 is 0 Å². The molecule has 1 atom stereocenters. The fourth-order valence-electron chi connectivity index (χ4n) is 0.617. The molecule has 0 bridgehead atoms. The van der Waals surface area contributed by atoms with Crippen molar-refractivity contribution in [2.45, 2.75) is 25.8 Å². The van der Waals surface area contributed by atoms with Crippen molar-refractivity contribution < 1.29 is 0 Å². The van der Waals surface area contributed by atoms with E-state index in [0.29, 0.717) is 6.04 Å². The monoisotopic (exact) mass is 127 g/mol. The molecule has 0 aliphatic rings. The number of hydrogen-bond donors (Lipinski definition) is 0. The smallest absolute Gasteiger partial charge is 0.00637 e. The molecule has 54 valence electrons. The standard InChI is InChI=1S/C8H17N/c1-5-6-7-8(2)9(3)4/h5,8H,1,6-7H2,2-4H3. The van der Waals surface area contributed by atoms with Gasteiger partial charge >= 0.3 is 0 Å². The lowest BCUT2D eigenvalue weighted by Crippen LogP contribution is -2.23. The van der Waals surface area contributed by atoms with Crippen molar-refractivity contribution in [3.63, 3.8) is 0 Å². The zero-order valence-corrected chi connectivity index (χ0v) is 6.72. The Kier molecular flexibility index (Phi) is 4.41. The fourth-order valence-corrected chi connectivity index (χ4v) is 0.617. The van der Waals surface area contributed by atoms with Crippen LogP contribution in [0.5, 0.6) is 0 Å². The predicted molar refractivity (Wildman–Crippen MR) is 42.6 cm³/mol. The van der Waals surface area contributed by atoms with Gasteiger partial charge in [0.15, 0.2) is 0 Å². The SMILES string of the molecule is C=CCCC(C)N(C)C. The summed E-state index contributed by atoms with van der Waals surface area (Å²) < 4.78 is 0. The van der Waals surface area contributed by atoms with Gasteiger partial charge in [-0.25, -0.2) is 0 Å². The first-order valence-electron chi connectivity index (χ1n) is 3.45. The van der Waals surface area contributed by atoms with Crippen LogP contribution < -0.4 is 0 Å². The van der Waals surface area contributed by atoms with Crippen LogP contribution in [0.1, 0.15) is 19.8 Å². The highest BCUT2D eigenvalue weighted by atomic mass is 15.1. The molecule has 0 aromatic heterocycles. The van der Waals surface area contributed by atoms with Crippen molar-refractivity contribution >= 4 is 0 Å². The van der Waals surface area contributed by atoms with Crippen molar-refractivity contribution in [2.24, 2.45) is 0 Å². The maximum Gasteiger partial charge on any atom is 0.00637 e. The summed E-state index contributed by atoms with van der Waals surface area (Å²) in [7, 11) is 4.21. The first-order valence-corrected chi connectivity index (χ1v) is 3.45. The van der Waals surface area contributed by atoms with Gasteiger partial charge in [-0.05, 0) is 33.9 Å². The fraction of sp³-hybridized carbons (Fsp3) is 0.750. The second kappa shape index (κ2) is 4.57. The third kappa shape index (κ3) is 4.22. The second-order valence-electron chi connectivity index (χ2n) is 2.68. The van der Waals surface area contributed by atoms with Crippen LogP contribution in [-0.4, -0.2) is 25.0 Å². The quantitative estimate of drug-likeness (QED) is 0.521. The van der Waals surface area contributed by atoms with Gasteiger partial charge in [0.1, 0.15) is 0 Å². The molecule has 0 aromatic carbocycles. The minimum absolute atomic E-state index is 0.683. The lowest BCUT2D eigenvalue weighted by Gasteiger charge is -2.18. The Morgan fingerprint density at radius 3 is 2.44 bits per heavy atom. The molecular weight excluding hydrogens is 110 g/mol. The highest BCUT2D eigenvalue weighted by molar-refractivity contribution is 4.70. The second-order valence-corrected chi connectivity index (χ2v) is 2.68. The molecule has 0 amide bonds. The molecule has 0 N–H and O–H groups in total. The van der Waals surface area contributed by atoms with E-state index in [-0.39, 0.29) is 0 Å². The van der Waals surface area contributed by atoms with Crippen LogP contribution >= 0.6 is 0 Å². The number of allylic oxidation sites excluding steroid dienone is 1. The van der Waals surface area contributed by atoms with E-state index in [4.69, 9.17) is 0 Å². The lowest BCUT2D eigenvalue weighted by atomic mass is 10.2. The van der Waals surface area contributed by atoms with Gasteiger partial charge in [-0.1, -0.05) is 6.08 Å². The maximum atomic E-state index is 3.67. The number of nitrogens with zero attached hydrogens (tertiary/aromatic N) is 1. The van der Waals surface area contributed by atoms with Gasteiger partial charge < -0.3 is 4.90 Å². The predicted octanol–water partition coefficient (Wildman–Crippen LogP) is 1.90. The molecule has 0 radical (unpaired) electrons. The third-order valence-corrected chi connectivity index (χ3v) is 1.67. The summed E-state index contributed by atoms with van der Waals surface area (Å²) in [4.78, 5) is 2.23. The summed E-state index contributed by atoms with van der Waals surface area (Å²) in [5.41, 5.74) is 0. The molecule has 0 saturated heterocycles. The van der Waals surface area contributed by atoms with Crippen molar-refractivity contribution in [3.05, 3.63) is 12.7 Å². The number of hydrogen-bond acceptors (Lipinski definition) is 1. The summed E-state index contributed by atoms with van der Waals surface area (Å²) >= 11 is 0. The molecule has 0 aromatic rings. The van der Waals surface area contributed by atoms with E-state index in [1.807, 2.05) is 6.08 Å². The third-order valence-electron chi connectivity index (χ3n) is 1.67. The molecule has 0 fully saturated rings. The minimum atomic E-state index is 0.683. The van der Waals surface area contributed by atoms with Crippen LogP contribution in [0.2, 0.25) is 0 Å². The van der Waals surface area contributed by atoms with Crippen LogP contribution in [0.15, 0.2) is 12.7 Å². The molecule has 0 aliphatic carbocycles. The molecule has 1 unspecified atom stereocenters. The van der Waals surface area contributed by atoms with Crippen LogP contribution in [0, 0.1) is 0 Å². The summed E-state index contributed by atoms with van der Waals surface area (Å²) in [5, 5.41) is 0. The van der Waals surface area contributed by atoms with E-state index >= 15 is 0 Å². The maximum absolute atomic E-state index is 3.67. The highest BCUT2D eigenvalue weighted by Gasteiger charge is 2.00. The van der Waals surface area contributed by atoms with Gasteiger partial charge in [0.05, 0.1) is 0 Å². The molecule has 9 heavy (non-hydrogen) atoms. The van der Waals surface area contributed by atoms with E-state index in [2.05, 4.69) is 32.5 Å². The minimum Gasteiger partial charge on any atom is -0.307 e. The molecule has 0 aliphatic heterocycles. The van der Waals surface area contributed by atoms with Gasteiger partial charge in [0.2, 0.25) is 0 Å². The largest absolute Gasteiger partial charge is 0.307 e. The van der Waals surface area contributed by atoms with Gasteiger partial charge in [0, 0.05) is 6.04 Å². The van der Waals surface area contributed by atoms with E-state index in [1.165, 1.54) is 6.42 Å². The van der Waals surface area contributed by atoms with E-state index in [9.17, 15) is 0 Å². The Labute approximate surface area is 58.4 Å². The average Bonchev–Trinajstić information content (AvgIpc) is 1.82. The van der Waals surface area contributed by atoms with Crippen LogP contribution in [0.25, 0.3) is 0 Å². The average molecular weight is 127 g/mol. The zero-order valence-electron chi connectivity index (χ0n) is 6.72. The van der Waals surface area contributed by atoms with Crippen LogP contribution in [0.3, 0.4) is 0 Å². The molecule has 0 rings (SSSR count). The molecule has 1 nitrogen and oxygen atoms in total. The Morgan fingerprint density at radius 1 is 1.56 bits per heavy atom.